The molecule has 16 heavy (non-hydrogen) atoms. The van der Waals surface area contributed by atoms with Crippen molar-refractivity contribution in [2.24, 2.45) is 5.73 Å². The first-order valence-electron chi connectivity index (χ1n) is 4.92. The van der Waals surface area contributed by atoms with E-state index in [1.165, 1.54) is 4.88 Å². The number of aromatic nitrogens is 1. The predicted octanol–water partition coefficient (Wildman–Crippen LogP) is 3.91. The first kappa shape index (κ1) is 12.2. The summed E-state index contributed by atoms with van der Waals surface area (Å²) >= 11 is 6.83. The van der Waals surface area contributed by atoms with Crippen LogP contribution in [-0.2, 0) is 6.42 Å². The van der Waals surface area contributed by atoms with Gasteiger partial charge in [0.2, 0.25) is 0 Å². The Hall–Kier alpha value is -0.230. The van der Waals surface area contributed by atoms with Crippen LogP contribution in [0.15, 0.2) is 21.3 Å². The molecular formula is C11H13BrN2S2. The van der Waals surface area contributed by atoms with E-state index in [4.69, 9.17) is 5.73 Å². The Bertz CT molecular complexity index is 482. The van der Waals surface area contributed by atoms with Gasteiger partial charge in [0.1, 0.15) is 0 Å². The van der Waals surface area contributed by atoms with Gasteiger partial charge in [-0.1, -0.05) is 0 Å². The van der Waals surface area contributed by atoms with E-state index in [-0.39, 0.29) is 5.54 Å². The van der Waals surface area contributed by atoms with Gasteiger partial charge in [0.25, 0.3) is 0 Å². The van der Waals surface area contributed by atoms with Crippen molar-refractivity contribution in [3.63, 3.8) is 0 Å². The predicted molar refractivity (Wildman–Crippen MR) is 75.1 cm³/mol. The number of hydrogen-bond acceptors (Lipinski definition) is 4. The summed E-state index contributed by atoms with van der Waals surface area (Å²) in [6.45, 7) is 4.05. The molecule has 2 heterocycles. The lowest BCUT2D eigenvalue weighted by molar-refractivity contribution is 0.515. The summed E-state index contributed by atoms with van der Waals surface area (Å²) in [6, 6.07) is 2.09. The molecule has 0 bridgehead atoms. The van der Waals surface area contributed by atoms with Crippen LogP contribution >= 0.6 is 38.6 Å². The summed E-state index contributed by atoms with van der Waals surface area (Å²) in [5, 5.41) is 5.27. The second-order valence-electron chi connectivity index (χ2n) is 4.42. The number of thiazole rings is 1. The normalized spacial score (nSPS) is 12.0. The maximum absolute atomic E-state index is 5.98. The van der Waals surface area contributed by atoms with Crippen molar-refractivity contribution in [1.29, 1.82) is 0 Å². The summed E-state index contributed by atoms with van der Waals surface area (Å²) in [6.07, 6.45) is 0.824. The summed E-state index contributed by atoms with van der Waals surface area (Å²) < 4.78 is 1.11. The standard InChI is InChI=1S/C11H13BrN2S2/c1-11(2,13)4-10-14-8(6-16-10)9-3-7(12)5-15-9/h3,5-6H,4,13H2,1-2H3. The summed E-state index contributed by atoms with van der Waals surface area (Å²) in [5.41, 5.74) is 6.85. The van der Waals surface area contributed by atoms with Gasteiger partial charge < -0.3 is 5.73 Å². The highest BCUT2D eigenvalue weighted by Gasteiger charge is 2.15. The molecule has 2 aromatic heterocycles. The fraction of sp³-hybridized carbons (Fsp3) is 0.364. The van der Waals surface area contributed by atoms with Gasteiger partial charge in [-0.3, -0.25) is 0 Å². The second-order valence-corrected chi connectivity index (χ2v) is 7.19. The van der Waals surface area contributed by atoms with E-state index in [0.717, 1.165) is 21.6 Å². The van der Waals surface area contributed by atoms with E-state index < -0.39 is 0 Å². The molecule has 0 saturated heterocycles. The van der Waals surface area contributed by atoms with Crippen molar-refractivity contribution in [3.8, 4) is 10.6 Å². The lowest BCUT2D eigenvalue weighted by atomic mass is 10.0. The number of halogens is 1. The minimum absolute atomic E-state index is 0.189. The molecule has 0 aliphatic heterocycles. The second kappa shape index (κ2) is 4.56. The summed E-state index contributed by atoms with van der Waals surface area (Å²) in [5.74, 6) is 0. The van der Waals surface area contributed by atoms with E-state index in [9.17, 15) is 0 Å². The lowest BCUT2D eigenvalue weighted by Crippen LogP contribution is -2.34. The third-order valence-electron chi connectivity index (χ3n) is 1.98. The molecule has 86 valence electrons. The Morgan fingerprint density at radius 1 is 1.38 bits per heavy atom. The largest absolute Gasteiger partial charge is 0.325 e. The molecule has 2 nitrogen and oxygen atoms in total. The van der Waals surface area contributed by atoms with Crippen molar-refractivity contribution >= 4 is 38.6 Å². The fourth-order valence-electron chi connectivity index (χ4n) is 1.34. The van der Waals surface area contributed by atoms with Crippen LogP contribution in [0.1, 0.15) is 18.9 Å². The van der Waals surface area contributed by atoms with Crippen LogP contribution in [0.4, 0.5) is 0 Å². The maximum atomic E-state index is 5.98. The molecule has 0 amide bonds. The molecule has 0 unspecified atom stereocenters. The Balaban J connectivity index is 2.20. The average Bonchev–Trinajstić information content (AvgIpc) is 2.71. The van der Waals surface area contributed by atoms with Crippen LogP contribution in [-0.4, -0.2) is 10.5 Å². The summed E-state index contributed by atoms with van der Waals surface area (Å²) in [7, 11) is 0. The maximum Gasteiger partial charge on any atom is 0.0951 e. The van der Waals surface area contributed by atoms with Crippen LogP contribution in [0.2, 0.25) is 0 Å². The van der Waals surface area contributed by atoms with E-state index in [1.807, 2.05) is 13.8 Å². The Morgan fingerprint density at radius 2 is 2.12 bits per heavy atom. The quantitative estimate of drug-likeness (QED) is 0.932. The van der Waals surface area contributed by atoms with Crippen molar-refractivity contribution in [2.45, 2.75) is 25.8 Å². The van der Waals surface area contributed by atoms with Gasteiger partial charge in [-0.25, -0.2) is 4.98 Å². The van der Waals surface area contributed by atoms with Crippen LogP contribution < -0.4 is 5.73 Å². The van der Waals surface area contributed by atoms with Crippen molar-refractivity contribution in [2.75, 3.05) is 0 Å². The van der Waals surface area contributed by atoms with E-state index >= 15 is 0 Å². The average molecular weight is 317 g/mol. The molecule has 2 aromatic rings. The Kier molecular flexibility index (Phi) is 3.49. The minimum atomic E-state index is -0.189. The molecule has 2 N–H and O–H groups in total. The first-order chi connectivity index (χ1) is 7.44. The van der Waals surface area contributed by atoms with Crippen molar-refractivity contribution < 1.29 is 0 Å². The molecule has 0 spiro atoms. The lowest BCUT2D eigenvalue weighted by Gasteiger charge is -2.15. The molecule has 0 fully saturated rings. The van der Waals surface area contributed by atoms with Crippen LogP contribution in [0, 0.1) is 0 Å². The first-order valence-corrected chi connectivity index (χ1v) is 7.47. The van der Waals surface area contributed by atoms with Gasteiger partial charge in [-0.15, -0.1) is 22.7 Å². The van der Waals surface area contributed by atoms with Crippen LogP contribution in [0.5, 0.6) is 0 Å². The highest BCUT2D eigenvalue weighted by atomic mass is 79.9. The van der Waals surface area contributed by atoms with Gasteiger partial charge in [0.05, 0.1) is 15.6 Å². The fourth-order valence-corrected chi connectivity index (χ4v) is 3.84. The molecule has 2 rings (SSSR count). The smallest absolute Gasteiger partial charge is 0.0951 e. The van der Waals surface area contributed by atoms with Gasteiger partial charge in [0, 0.05) is 27.2 Å². The highest BCUT2D eigenvalue weighted by Crippen LogP contribution is 2.31. The topological polar surface area (TPSA) is 38.9 Å². The Labute approximate surface area is 112 Å². The number of nitrogens with two attached hydrogens (primary N) is 1. The monoisotopic (exact) mass is 316 g/mol. The van der Waals surface area contributed by atoms with Crippen LogP contribution in [0.3, 0.4) is 0 Å². The Morgan fingerprint density at radius 3 is 2.69 bits per heavy atom. The minimum Gasteiger partial charge on any atom is -0.325 e. The SMILES string of the molecule is CC(C)(N)Cc1nc(-c2cc(Br)cs2)cs1. The van der Waals surface area contributed by atoms with E-state index in [0.29, 0.717) is 0 Å². The third-order valence-corrected chi connectivity index (χ3v) is 4.54. The molecule has 0 atom stereocenters. The molecule has 0 radical (unpaired) electrons. The van der Waals surface area contributed by atoms with Gasteiger partial charge >= 0.3 is 0 Å². The zero-order chi connectivity index (χ0) is 11.8. The van der Waals surface area contributed by atoms with E-state index in [2.05, 4.69) is 37.7 Å². The summed E-state index contributed by atoms with van der Waals surface area (Å²) in [4.78, 5) is 5.81. The molecule has 0 saturated carbocycles. The molecule has 0 aliphatic carbocycles. The number of thiophene rings is 1. The molecule has 0 aromatic carbocycles. The molecule has 0 aliphatic rings. The van der Waals surface area contributed by atoms with E-state index in [1.54, 1.807) is 22.7 Å². The zero-order valence-electron chi connectivity index (χ0n) is 9.16. The third kappa shape index (κ3) is 3.13. The number of rotatable bonds is 3. The van der Waals surface area contributed by atoms with Crippen LogP contribution in [0.25, 0.3) is 10.6 Å². The van der Waals surface area contributed by atoms with Crippen molar-refractivity contribution in [3.05, 3.63) is 26.3 Å². The molecular weight excluding hydrogens is 304 g/mol. The zero-order valence-corrected chi connectivity index (χ0v) is 12.4. The number of nitrogens with zero attached hydrogens (tertiary/aromatic N) is 1. The van der Waals surface area contributed by atoms with Gasteiger partial charge in [-0.05, 0) is 35.8 Å². The number of hydrogen-bond donors (Lipinski definition) is 1. The van der Waals surface area contributed by atoms with Crippen molar-refractivity contribution in [1.82, 2.24) is 4.98 Å². The highest BCUT2D eigenvalue weighted by molar-refractivity contribution is 9.10. The van der Waals surface area contributed by atoms with Gasteiger partial charge in [-0.2, -0.15) is 0 Å². The van der Waals surface area contributed by atoms with Gasteiger partial charge in [0.15, 0.2) is 0 Å². The molecule has 5 heteroatoms.